The molecule has 1 aliphatic heterocycles. The normalized spacial score (nSPS) is 21.4. The van der Waals surface area contributed by atoms with Crippen LogP contribution in [-0.4, -0.2) is 17.1 Å². The average Bonchev–Trinajstić information content (AvgIpc) is 2.61. The smallest absolute Gasteiger partial charge is 0.237 e. The Labute approximate surface area is 154 Å². The molecule has 1 amide bonds. The summed E-state index contributed by atoms with van der Waals surface area (Å²) < 4.78 is 0. The number of phenols is 1. The molecule has 0 radical (unpaired) electrons. The van der Waals surface area contributed by atoms with E-state index in [1.165, 1.54) is 11.1 Å². The SMILES string of the molecule is Cl.O=C(N[C@@H]1CCCc2ccccc21)[C@@H]1Cc2ccc(O)cc2CN1. The van der Waals surface area contributed by atoms with E-state index >= 15 is 0 Å². The van der Waals surface area contributed by atoms with E-state index in [1.54, 1.807) is 12.1 Å². The third kappa shape index (κ3) is 3.65. The molecule has 1 heterocycles. The van der Waals surface area contributed by atoms with Gasteiger partial charge in [-0.05, 0) is 60.1 Å². The number of fused-ring (bicyclic) bond motifs is 2. The fourth-order valence-corrected chi connectivity index (χ4v) is 3.86. The largest absolute Gasteiger partial charge is 0.508 e. The maximum absolute atomic E-state index is 12.7. The quantitative estimate of drug-likeness (QED) is 0.773. The van der Waals surface area contributed by atoms with Crippen LogP contribution in [-0.2, 0) is 24.2 Å². The van der Waals surface area contributed by atoms with Gasteiger partial charge in [0.15, 0.2) is 0 Å². The number of carbonyl (C=O) groups is 1. The van der Waals surface area contributed by atoms with E-state index in [0.717, 1.165) is 30.4 Å². The molecule has 132 valence electrons. The van der Waals surface area contributed by atoms with E-state index in [1.807, 2.05) is 12.1 Å². The van der Waals surface area contributed by atoms with Crippen LogP contribution in [0.25, 0.3) is 0 Å². The van der Waals surface area contributed by atoms with Gasteiger partial charge in [-0.25, -0.2) is 0 Å². The lowest BCUT2D eigenvalue weighted by Crippen LogP contribution is -2.48. The minimum atomic E-state index is -0.212. The predicted octanol–water partition coefficient (Wildman–Crippen LogP) is 3.02. The van der Waals surface area contributed by atoms with E-state index in [-0.39, 0.29) is 36.1 Å². The second-order valence-electron chi connectivity index (χ2n) is 6.74. The minimum Gasteiger partial charge on any atom is -0.508 e. The topological polar surface area (TPSA) is 61.4 Å². The molecule has 0 fully saturated rings. The molecular formula is C20H23ClN2O2. The highest BCUT2D eigenvalue weighted by atomic mass is 35.5. The zero-order chi connectivity index (χ0) is 16.5. The lowest BCUT2D eigenvalue weighted by Gasteiger charge is -2.30. The molecule has 2 atom stereocenters. The Morgan fingerprint density at radius 3 is 2.84 bits per heavy atom. The van der Waals surface area contributed by atoms with Crippen molar-refractivity contribution in [1.82, 2.24) is 10.6 Å². The average molecular weight is 359 g/mol. The molecule has 3 N–H and O–H groups in total. The predicted molar refractivity (Wildman–Crippen MR) is 100.0 cm³/mol. The lowest BCUT2D eigenvalue weighted by atomic mass is 9.87. The van der Waals surface area contributed by atoms with Crippen molar-refractivity contribution < 1.29 is 9.90 Å². The van der Waals surface area contributed by atoms with Gasteiger partial charge in [-0.2, -0.15) is 0 Å². The summed E-state index contributed by atoms with van der Waals surface area (Å²) in [5.41, 5.74) is 4.82. The summed E-state index contributed by atoms with van der Waals surface area (Å²) >= 11 is 0. The number of benzene rings is 2. The summed E-state index contributed by atoms with van der Waals surface area (Å²) in [5.74, 6) is 0.340. The fourth-order valence-electron chi connectivity index (χ4n) is 3.86. The first kappa shape index (κ1) is 17.8. The molecule has 2 aromatic carbocycles. The van der Waals surface area contributed by atoms with Gasteiger partial charge in [0, 0.05) is 6.54 Å². The van der Waals surface area contributed by atoms with E-state index in [9.17, 15) is 9.90 Å². The molecule has 0 bridgehead atoms. The first-order chi connectivity index (χ1) is 11.7. The highest BCUT2D eigenvalue weighted by Crippen LogP contribution is 2.30. The zero-order valence-corrected chi connectivity index (χ0v) is 14.8. The summed E-state index contributed by atoms with van der Waals surface area (Å²) in [6.07, 6.45) is 3.87. The summed E-state index contributed by atoms with van der Waals surface area (Å²) in [5, 5.41) is 16.1. The Morgan fingerprint density at radius 1 is 1.12 bits per heavy atom. The number of aromatic hydroxyl groups is 1. The molecule has 0 spiro atoms. The Kier molecular flexibility index (Phi) is 5.30. The molecule has 2 aliphatic rings. The Bertz CT molecular complexity index is 778. The van der Waals surface area contributed by atoms with Crippen LogP contribution in [0.15, 0.2) is 42.5 Å². The van der Waals surface area contributed by atoms with Gasteiger partial charge in [0.25, 0.3) is 0 Å². The van der Waals surface area contributed by atoms with Crippen molar-refractivity contribution in [3.8, 4) is 5.75 Å². The number of aryl methyl sites for hydroxylation is 1. The lowest BCUT2D eigenvalue weighted by molar-refractivity contribution is -0.124. The van der Waals surface area contributed by atoms with E-state index in [2.05, 4.69) is 28.8 Å². The first-order valence-electron chi connectivity index (χ1n) is 8.63. The number of amides is 1. The van der Waals surface area contributed by atoms with Crippen LogP contribution in [0, 0.1) is 0 Å². The van der Waals surface area contributed by atoms with Crippen molar-refractivity contribution in [2.75, 3.05) is 0 Å². The van der Waals surface area contributed by atoms with Gasteiger partial charge in [-0.3, -0.25) is 4.79 Å². The van der Waals surface area contributed by atoms with E-state index in [0.29, 0.717) is 13.0 Å². The monoisotopic (exact) mass is 358 g/mol. The van der Waals surface area contributed by atoms with Crippen molar-refractivity contribution in [2.45, 2.75) is 44.3 Å². The molecule has 25 heavy (non-hydrogen) atoms. The van der Waals surface area contributed by atoms with E-state index in [4.69, 9.17) is 0 Å². The van der Waals surface area contributed by atoms with Crippen LogP contribution < -0.4 is 10.6 Å². The molecular weight excluding hydrogens is 336 g/mol. The zero-order valence-electron chi connectivity index (χ0n) is 14.0. The van der Waals surface area contributed by atoms with Crippen LogP contribution in [0.5, 0.6) is 5.75 Å². The van der Waals surface area contributed by atoms with Crippen LogP contribution in [0.4, 0.5) is 0 Å². The van der Waals surface area contributed by atoms with Gasteiger partial charge < -0.3 is 15.7 Å². The molecule has 1 aliphatic carbocycles. The second-order valence-corrected chi connectivity index (χ2v) is 6.74. The number of phenolic OH excluding ortho intramolecular Hbond substituents is 1. The number of hydrogen-bond acceptors (Lipinski definition) is 3. The number of halogens is 1. The van der Waals surface area contributed by atoms with Gasteiger partial charge in [-0.1, -0.05) is 30.3 Å². The van der Waals surface area contributed by atoms with E-state index < -0.39 is 0 Å². The fraction of sp³-hybridized carbons (Fsp3) is 0.350. The van der Waals surface area contributed by atoms with Crippen LogP contribution in [0.3, 0.4) is 0 Å². The summed E-state index contributed by atoms with van der Waals surface area (Å²) in [4.78, 5) is 12.7. The van der Waals surface area contributed by atoms with Gasteiger partial charge >= 0.3 is 0 Å². The summed E-state index contributed by atoms with van der Waals surface area (Å²) in [7, 11) is 0. The van der Waals surface area contributed by atoms with Crippen molar-refractivity contribution in [2.24, 2.45) is 0 Å². The van der Waals surface area contributed by atoms with Gasteiger partial charge in [0.2, 0.25) is 5.91 Å². The number of rotatable bonds is 2. The third-order valence-electron chi connectivity index (χ3n) is 5.16. The number of hydrogen-bond donors (Lipinski definition) is 3. The molecule has 2 aromatic rings. The molecule has 4 nitrogen and oxygen atoms in total. The van der Waals surface area contributed by atoms with Crippen molar-refractivity contribution in [3.05, 3.63) is 64.7 Å². The molecule has 0 unspecified atom stereocenters. The van der Waals surface area contributed by atoms with Crippen LogP contribution in [0.1, 0.15) is 41.1 Å². The maximum Gasteiger partial charge on any atom is 0.237 e. The summed E-state index contributed by atoms with van der Waals surface area (Å²) in [6, 6.07) is 13.7. The maximum atomic E-state index is 12.7. The highest BCUT2D eigenvalue weighted by Gasteiger charge is 2.28. The van der Waals surface area contributed by atoms with Gasteiger partial charge in [0.1, 0.15) is 5.75 Å². The van der Waals surface area contributed by atoms with Crippen LogP contribution >= 0.6 is 12.4 Å². The molecule has 4 rings (SSSR count). The minimum absolute atomic E-state index is 0. The number of carbonyl (C=O) groups excluding carboxylic acids is 1. The van der Waals surface area contributed by atoms with Crippen LogP contribution in [0.2, 0.25) is 0 Å². The molecule has 0 saturated carbocycles. The Hall–Kier alpha value is -2.04. The van der Waals surface area contributed by atoms with Crippen molar-refractivity contribution in [1.29, 1.82) is 0 Å². The van der Waals surface area contributed by atoms with Crippen molar-refractivity contribution in [3.63, 3.8) is 0 Å². The highest BCUT2D eigenvalue weighted by molar-refractivity contribution is 5.85. The molecule has 0 saturated heterocycles. The second kappa shape index (κ2) is 7.46. The Balaban J connectivity index is 0.00000182. The van der Waals surface area contributed by atoms with Gasteiger partial charge in [-0.15, -0.1) is 12.4 Å². The molecule has 0 aromatic heterocycles. The third-order valence-corrected chi connectivity index (χ3v) is 5.16. The van der Waals surface area contributed by atoms with Crippen molar-refractivity contribution >= 4 is 18.3 Å². The standard InChI is InChI=1S/C20H22N2O2.ClH/c23-16-9-8-14-11-19(21-12-15(14)10-16)20(24)22-18-7-3-5-13-4-1-2-6-17(13)18;/h1-2,4,6,8-10,18-19,21,23H,3,5,7,11-12H2,(H,22,24);1H/t18-,19+;/m1./s1. The van der Waals surface area contributed by atoms with Gasteiger partial charge in [0.05, 0.1) is 12.1 Å². The first-order valence-corrected chi connectivity index (χ1v) is 8.63. The molecule has 5 heteroatoms. The Morgan fingerprint density at radius 2 is 1.96 bits per heavy atom. The summed E-state index contributed by atoms with van der Waals surface area (Å²) in [6.45, 7) is 0.614. The number of nitrogens with one attached hydrogen (secondary N) is 2.